The number of rotatable bonds is 5. The first kappa shape index (κ1) is 12.0. The van der Waals surface area contributed by atoms with Crippen molar-refractivity contribution in [1.82, 2.24) is 9.97 Å². The van der Waals surface area contributed by atoms with Crippen molar-refractivity contribution in [3.05, 3.63) is 17.6 Å². The predicted octanol–water partition coefficient (Wildman–Crippen LogP) is 2.81. The first-order valence-corrected chi connectivity index (χ1v) is 5.70. The third-order valence-corrected chi connectivity index (χ3v) is 2.28. The van der Waals surface area contributed by atoms with Gasteiger partial charge in [-0.15, -0.1) is 0 Å². The first-order valence-electron chi connectivity index (χ1n) is 5.70. The van der Waals surface area contributed by atoms with Crippen LogP contribution in [0.5, 0.6) is 0 Å². The fraction of sp³-hybridized carbons (Fsp3) is 0.667. The molecule has 84 valence electrons. The van der Waals surface area contributed by atoms with Gasteiger partial charge in [0.2, 0.25) is 0 Å². The standard InChI is InChI=1S/C12H21N3/c1-5-11-8-12(15-10(4)14-11)13-7-6-9(2)3/h8-9H,5-7H2,1-4H3,(H,13,14,15). The van der Waals surface area contributed by atoms with Crippen LogP contribution in [0.3, 0.4) is 0 Å². The Bertz CT molecular complexity index is 308. The molecule has 0 atom stereocenters. The van der Waals surface area contributed by atoms with Crippen LogP contribution >= 0.6 is 0 Å². The summed E-state index contributed by atoms with van der Waals surface area (Å²) in [6.07, 6.45) is 2.13. The van der Waals surface area contributed by atoms with Crippen LogP contribution in [0, 0.1) is 12.8 Å². The lowest BCUT2D eigenvalue weighted by Crippen LogP contribution is -2.08. The van der Waals surface area contributed by atoms with Gasteiger partial charge in [-0.1, -0.05) is 20.8 Å². The number of nitrogens with one attached hydrogen (secondary N) is 1. The van der Waals surface area contributed by atoms with Gasteiger partial charge in [-0.3, -0.25) is 0 Å². The summed E-state index contributed by atoms with van der Waals surface area (Å²) in [4.78, 5) is 8.70. The summed E-state index contributed by atoms with van der Waals surface area (Å²) in [6.45, 7) is 9.48. The molecule has 1 aromatic heterocycles. The molecule has 0 spiro atoms. The second kappa shape index (κ2) is 5.69. The van der Waals surface area contributed by atoms with E-state index in [2.05, 4.69) is 36.1 Å². The molecule has 0 unspecified atom stereocenters. The highest BCUT2D eigenvalue weighted by atomic mass is 15.0. The Kier molecular flexibility index (Phi) is 4.53. The Morgan fingerprint density at radius 3 is 2.67 bits per heavy atom. The van der Waals surface area contributed by atoms with Gasteiger partial charge < -0.3 is 5.32 Å². The van der Waals surface area contributed by atoms with Crippen molar-refractivity contribution < 1.29 is 0 Å². The van der Waals surface area contributed by atoms with Crippen molar-refractivity contribution in [2.75, 3.05) is 11.9 Å². The summed E-state index contributed by atoms with van der Waals surface area (Å²) < 4.78 is 0. The van der Waals surface area contributed by atoms with E-state index >= 15 is 0 Å². The van der Waals surface area contributed by atoms with Crippen LogP contribution in [0.2, 0.25) is 0 Å². The van der Waals surface area contributed by atoms with Crippen LogP contribution in [-0.2, 0) is 6.42 Å². The average Bonchev–Trinajstić information content (AvgIpc) is 2.16. The van der Waals surface area contributed by atoms with E-state index in [0.29, 0.717) is 0 Å². The first-order chi connectivity index (χ1) is 7.11. The van der Waals surface area contributed by atoms with Crippen molar-refractivity contribution in [2.24, 2.45) is 5.92 Å². The van der Waals surface area contributed by atoms with E-state index in [9.17, 15) is 0 Å². The fourth-order valence-corrected chi connectivity index (χ4v) is 1.39. The zero-order valence-electron chi connectivity index (χ0n) is 10.2. The molecule has 0 bridgehead atoms. The third kappa shape index (κ3) is 4.28. The minimum absolute atomic E-state index is 0.728. The largest absolute Gasteiger partial charge is 0.370 e. The number of aryl methyl sites for hydroxylation is 2. The molecule has 0 saturated heterocycles. The van der Waals surface area contributed by atoms with Crippen molar-refractivity contribution >= 4 is 5.82 Å². The molecule has 3 nitrogen and oxygen atoms in total. The number of hydrogen-bond acceptors (Lipinski definition) is 3. The SMILES string of the molecule is CCc1cc(NCCC(C)C)nc(C)n1. The zero-order valence-corrected chi connectivity index (χ0v) is 10.2. The van der Waals surface area contributed by atoms with Gasteiger partial charge in [0.15, 0.2) is 0 Å². The number of hydrogen-bond donors (Lipinski definition) is 1. The molecule has 0 aliphatic rings. The Hall–Kier alpha value is -1.12. The molecule has 0 aromatic carbocycles. The highest BCUT2D eigenvalue weighted by Gasteiger charge is 2.00. The van der Waals surface area contributed by atoms with E-state index < -0.39 is 0 Å². The average molecular weight is 207 g/mol. The van der Waals surface area contributed by atoms with Gasteiger partial charge >= 0.3 is 0 Å². The topological polar surface area (TPSA) is 37.8 Å². The van der Waals surface area contributed by atoms with Gasteiger partial charge in [-0.05, 0) is 25.7 Å². The fourth-order valence-electron chi connectivity index (χ4n) is 1.39. The normalized spacial score (nSPS) is 10.7. The van der Waals surface area contributed by atoms with E-state index in [0.717, 1.165) is 36.2 Å². The molecule has 0 fully saturated rings. The molecule has 15 heavy (non-hydrogen) atoms. The highest BCUT2D eigenvalue weighted by molar-refractivity contribution is 5.35. The zero-order chi connectivity index (χ0) is 11.3. The molecule has 0 radical (unpaired) electrons. The monoisotopic (exact) mass is 207 g/mol. The van der Waals surface area contributed by atoms with Gasteiger partial charge in [0.25, 0.3) is 0 Å². The van der Waals surface area contributed by atoms with E-state index in [1.807, 2.05) is 13.0 Å². The van der Waals surface area contributed by atoms with Crippen LogP contribution in [0.4, 0.5) is 5.82 Å². The lowest BCUT2D eigenvalue weighted by atomic mass is 10.1. The van der Waals surface area contributed by atoms with E-state index in [1.165, 1.54) is 6.42 Å². The Morgan fingerprint density at radius 1 is 1.33 bits per heavy atom. The summed E-state index contributed by atoms with van der Waals surface area (Å²) in [6, 6.07) is 2.04. The Balaban J connectivity index is 2.56. The molecule has 0 saturated carbocycles. The van der Waals surface area contributed by atoms with Crippen molar-refractivity contribution in [1.29, 1.82) is 0 Å². The molecular weight excluding hydrogens is 186 g/mol. The van der Waals surface area contributed by atoms with E-state index in [1.54, 1.807) is 0 Å². The highest BCUT2D eigenvalue weighted by Crippen LogP contribution is 2.08. The van der Waals surface area contributed by atoms with Gasteiger partial charge in [-0.2, -0.15) is 0 Å². The minimum atomic E-state index is 0.728. The summed E-state index contributed by atoms with van der Waals surface area (Å²) in [5, 5.41) is 3.34. The van der Waals surface area contributed by atoms with Crippen LogP contribution in [0.15, 0.2) is 6.07 Å². The smallest absolute Gasteiger partial charge is 0.129 e. The predicted molar refractivity (Wildman–Crippen MR) is 64.1 cm³/mol. The van der Waals surface area contributed by atoms with Crippen LogP contribution in [0.25, 0.3) is 0 Å². The maximum absolute atomic E-state index is 4.36. The number of anilines is 1. The Labute approximate surface area is 92.3 Å². The molecule has 1 N–H and O–H groups in total. The third-order valence-electron chi connectivity index (χ3n) is 2.28. The van der Waals surface area contributed by atoms with Crippen molar-refractivity contribution in [3.8, 4) is 0 Å². The molecule has 3 heteroatoms. The molecular formula is C12H21N3. The molecule has 0 amide bonds. The maximum Gasteiger partial charge on any atom is 0.129 e. The second-order valence-electron chi connectivity index (χ2n) is 4.25. The van der Waals surface area contributed by atoms with Crippen molar-refractivity contribution in [2.45, 2.75) is 40.5 Å². The summed E-state index contributed by atoms with van der Waals surface area (Å²) in [5.41, 5.74) is 1.11. The van der Waals surface area contributed by atoms with Crippen molar-refractivity contribution in [3.63, 3.8) is 0 Å². The number of nitrogens with zero attached hydrogens (tertiary/aromatic N) is 2. The molecule has 1 heterocycles. The van der Waals surface area contributed by atoms with Gasteiger partial charge in [-0.25, -0.2) is 9.97 Å². The van der Waals surface area contributed by atoms with E-state index in [-0.39, 0.29) is 0 Å². The van der Waals surface area contributed by atoms with Gasteiger partial charge in [0.1, 0.15) is 11.6 Å². The second-order valence-corrected chi connectivity index (χ2v) is 4.25. The molecule has 1 rings (SSSR count). The minimum Gasteiger partial charge on any atom is -0.370 e. The van der Waals surface area contributed by atoms with Gasteiger partial charge in [0.05, 0.1) is 0 Å². The number of aromatic nitrogens is 2. The summed E-state index contributed by atoms with van der Waals surface area (Å²) in [5.74, 6) is 2.53. The van der Waals surface area contributed by atoms with E-state index in [4.69, 9.17) is 0 Å². The molecule has 1 aromatic rings. The summed E-state index contributed by atoms with van der Waals surface area (Å²) >= 11 is 0. The van der Waals surface area contributed by atoms with Gasteiger partial charge in [0, 0.05) is 18.3 Å². The lowest BCUT2D eigenvalue weighted by Gasteiger charge is -2.09. The maximum atomic E-state index is 4.36. The van der Waals surface area contributed by atoms with Crippen LogP contribution in [0.1, 0.15) is 38.7 Å². The molecule has 0 aliphatic carbocycles. The van der Waals surface area contributed by atoms with Crippen LogP contribution in [-0.4, -0.2) is 16.5 Å². The lowest BCUT2D eigenvalue weighted by molar-refractivity contribution is 0.606. The summed E-state index contributed by atoms with van der Waals surface area (Å²) in [7, 11) is 0. The van der Waals surface area contributed by atoms with Crippen LogP contribution < -0.4 is 5.32 Å². The molecule has 0 aliphatic heterocycles. The Morgan fingerprint density at radius 2 is 2.07 bits per heavy atom. The quantitative estimate of drug-likeness (QED) is 0.806.